The number of rotatable bonds is 11. The molecule has 0 unspecified atom stereocenters. The molecule has 8 aromatic carbocycles. The first-order valence-electron chi connectivity index (χ1n) is 20.3. The number of nitrogens with zero attached hydrogens (tertiary/aromatic N) is 1. The molecule has 0 bridgehead atoms. The summed E-state index contributed by atoms with van der Waals surface area (Å²) in [5, 5.41) is 0. The zero-order chi connectivity index (χ0) is 40.7. The highest BCUT2D eigenvalue weighted by atomic mass is 14.7. The number of hydrogen-bond acceptors (Lipinski definition) is 1. The lowest BCUT2D eigenvalue weighted by atomic mass is 9.95. The summed E-state index contributed by atoms with van der Waals surface area (Å²) in [5.74, 6) is 0. The quantitative estimate of drug-likeness (QED) is 0.120. The first-order chi connectivity index (χ1) is 29.6. The highest BCUT2D eigenvalue weighted by Gasteiger charge is 2.12. The van der Waals surface area contributed by atoms with Crippen LogP contribution in [0, 0.1) is 0 Å². The van der Waals surface area contributed by atoms with Crippen LogP contribution in [-0.4, -0.2) is 4.98 Å². The Morgan fingerprint density at radius 2 is 0.567 bits per heavy atom. The van der Waals surface area contributed by atoms with Crippen molar-refractivity contribution in [3.05, 3.63) is 255 Å². The molecule has 60 heavy (non-hydrogen) atoms. The molecule has 0 spiro atoms. The van der Waals surface area contributed by atoms with Crippen LogP contribution in [-0.2, 0) is 0 Å². The van der Waals surface area contributed by atoms with Crippen LogP contribution in [0.2, 0.25) is 0 Å². The lowest BCUT2D eigenvalue weighted by Crippen LogP contribution is -1.92. The fourth-order valence-electron chi connectivity index (χ4n) is 7.75. The first-order valence-corrected chi connectivity index (χ1v) is 20.3. The van der Waals surface area contributed by atoms with Gasteiger partial charge in [-0.05, 0) is 90.0 Å². The molecule has 0 fully saturated rings. The Kier molecular flexibility index (Phi) is 10.9. The maximum atomic E-state index is 5.28. The molecular weight excluding hydrogens is 723 g/mol. The normalized spacial score (nSPS) is 11.2. The Morgan fingerprint density at radius 1 is 0.300 bits per heavy atom. The third-order valence-corrected chi connectivity index (χ3v) is 11.1. The van der Waals surface area contributed by atoms with E-state index in [2.05, 4.69) is 232 Å². The van der Waals surface area contributed by atoms with Gasteiger partial charge in [0, 0.05) is 11.1 Å². The van der Waals surface area contributed by atoms with E-state index in [9.17, 15) is 0 Å². The van der Waals surface area contributed by atoms with E-state index in [0.717, 1.165) is 55.9 Å². The fourth-order valence-corrected chi connectivity index (χ4v) is 7.75. The summed E-state index contributed by atoms with van der Waals surface area (Å²) in [6, 6.07) is 78.0. The number of hydrogen-bond donors (Lipinski definition) is 0. The number of pyridine rings is 1. The Bertz CT molecular complexity index is 2760. The largest absolute Gasteiger partial charge is 0.248 e. The van der Waals surface area contributed by atoms with E-state index in [0.29, 0.717) is 0 Å². The second-order valence-electron chi connectivity index (χ2n) is 14.9. The molecule has 1 heterocycles. The van der Waals surface area contributed by atoms with E-state index in [1.165, 1.54) is 44.5 Å². The minimum Gasteiger partial charge on any atom is -0.248 e. The van der Waals surface area contributed by atoms with Crippen molar-refractivity contribution >= 4 is 5.57 Å². The van der Waals surface area contributed by atoms with Crippen LogP contribution in [0.25, 0.3) is 94.8 Å². The molecule has 0 amide bonds. The lowest BCUT2D eigenvalue weighted by molar-refractivity contribution is 1.32. The van der Waals surface area contributed by atoms with Crippen LogP contribution in [0.15, 0.2) is 250 Å². The topological polar surface area (TPSA) is 12.9 Å². The lowest BCUT2D eigenvalue weighted by Gasteiger charge is -2.12. The van der Waals surface area contributed by atoms with E-state index in [1.807, 2.05) is 12.2 Å². The second-order valence-corrected chi connectivity index (χ2v) is 14.9. The number of aromatic nitrogens is 1. The van der Waals surface area contributed by atoms with Crippen molar-refractivity contribution < 1.29 is 0 Å². The monoisotopic (exact) mass is 765 g/mol. The first kappa shape index (κ1) is 37.7. The van der Waals surface area contributed by atoms with Crippen LogP contribution >= 0.6 is 0 Å². The van der Waals surface area contributed by atoms with E-state index < -0.39 is 0 Å². The molecule has 0 aliphatic rings. The van der Waals surface area contributed by atoms with Gasteiger partial charge in [0.2, 0.25) is 0 Å². The molecule has 0 radical (unpaired) electrons. The van der Waals surface area contributed by atoms with Crippen molar-refractivity contribution in [2.75, 3.05) is 0 Å². The molecule has 1 aromatic heterocycles. The highest BCUT2D eigenvalue weighted by Crippen LogP contribution is 2.35. The fraction of sp³-hybridized carbons (Fsp3) is 0. The third-order valence-electron chi connectivity index (χ3n) is 11.1. The van der Waals surface area contributed by atoms with E-state index >= 15 is 0 Å². The Hall–Kier alpha value is -7.87. The van der Waals surface area contributed by atoms with Crippen molar-refractivity contribution in [1.29, 1.82) is 0 Å². The van der Waals surface area contributed by atoms with Crippen LogP contribution in [0.1, 0.15) is 5.56 Å². The van der Waals surface area contributed by atoms with E-state index in [-0.39, 0.29) is 0 Å². The molecule has 9 aromatic rings. The SMILES string of the molecule is C=C/C=C(\C=C)c1ccc(-c2ccc(-c3cc(-c4ccc(-c5ccc(-c6ccccc6)cc5)cc4)cc(-c4ccc(-c5ccc(-c6ccccc6)cc5)cc4)n3)cc2)cc1. The Morgan fingerprint density at radius 3 is 0.867 bits per heavy atom. The van der Waals surface area contributed by atoms with Crippen molar-refractivity contribution in [2.24, 2.45) is 0 Å². The summed E-state index contributed by atoms with van der Waals surface area (Å²) < 4.78 is 0. The average molecular weight is 766 g/mol. The van der Waals surface area contributed by atoms with E-state index in [4.69, 9.17) is 4.98 Å². The molecule has 0 atom stereocenters. The molecule has 9 rings (SSSR count). The van der Waals surface area contributed by atoms with Crippen LogP contribution in [0.4, 0.5) is 0 Å². The van der Waals surface area contributed by atoms with Gasteiger partial charge in [-0.1, -0.05) is 238 Å². The summed E-state index contributed by atoms with van der Waals surface area (Å²) in [6.07, 6.45) is 5.63. The van der Waals surface area contributed by atoms with Crippen LogP contribution in [0.5, 0.6) is 0 Å². The minimum atomic E-state index is 0.927. The van der Waals surface area contributed by atoms with Gasteiger partial charge in [-0.15, -0.1) is 0 Å². The molecule has 0 saturated heterocycles. The predicted octanol–water partition coefficient (Wildman–Crippen LogP) is 16.2. The van der Waals surface area contributed by atoms with Gasteiger partial charge in [-0.25, -0.2) is 4.98 Å². The standard InChI is InChI=1S/C59H43N/c1-3-11-42(4-2)45-16-18-48(19-17-45)52-32-36-55(37-33-52)58-40-57(54-30-28-51(29-31-54)49-24-20-46(21-25-49)43-12-7-5-8-13-43)41-59(60-58)56-38-34-53(35-39-56)50-26-22-47(23-27-50)44-14-9-6-10-15-44/h3-41H,1-2H2/b42-11+. The summed E-state index contributed by atoms with van der Waals surface area (Å²) in [5.41, 5.74) is 20.3. The minimum absolute atomic E-state index is 0.927. The van der Waals surface area contributed by atoms with Crippen molar-refractivity contribution in [1.82, 2.24) is 4.98 Å². The maximum absolute atomic E-state index is 5.28. The maximum Gasteiger partial charge on any atom is 0.0715 e. The smallest absolute Gasteiger partial charge is 0.0715 e. The summed E-state index contributed by atoms with van der Waals surface area (Å²) in [7, 11) is 0. The Balaban J connectivity index is 1.03. The van der Waals surface area contributed by atoms with Crippen molar-refractivity contribution in [2.45, 2.75) is 0 Å². The van der Waals surface area contributed by atoms with Gasteiger partial charge in [0.15, 0.2) is 0 Å². The summed E-state index contributed by atoms with van der Waals surface area (Å²) in [4.78, 5) is 5.28. The Labute approximate surface area is 353 Å². The number of benzene rings is 8. The van der Waals surface area contributed by atoms with Crippen molar-refractivity contribution in [3.63, 3.8) is 0 Å². The molecule has 0 N–H and O–H groups in total. The van der Waals surface area contributed by atoms with Gasteiger partial charge in [0.1, 0.15) is 0 Å². The molecule has 0 aliphatic carbocycles. The molecule has 0 aliphatic heterocycles. The van der Waals surface area contributed by atoms with Gasteiger partial charge in [-0.2, -0.15) is 0 Å². The molecule has 1 heteroatoms. The third kappa shape index (κ3) is 8.25. The van der Waals surface area contributed by atoms with E-state index in [1.54, 1.807) is 6.08 Å². The summed E-state index contributed by atoms with van der Waals surface area (Å²) >= 11 is 0. The highest BCUT2D eigenvalue weighted by molar-refractivity contribution is 5.81. The van der Waals surface area contributed by atoms with Crippen molar-refractivity contribution in [3.8, 4) is 89.3 Å². The number of allylic oxidation sites excluding steroid dienone is 4. The average Bonchev–Trinajstić information content (AvgIpc) is 3.34. The molecule has 284 valence electrons. The van der Waals surface area contributed by atoms with Gasteiger partial charge in [-0.3, -0.25) is 0 Å². The van der Waals surface area contributed by atoms with Crippen LogP contribution < -0.4 is 0 Å². The van der Waals surface area contributed by atoms with Gasteiger partial charge in [0.25, 0.3) is 0 Å². The molecular formula is C59H43N. The van der Waals surface area contributed by atoms with Gasteiger partial charge >= 0.3 is 0 Å². The summed E-state index contributed by atoms with van der Waals surface area (Å²) in [6.45, 7) is 7.80. The zero-order valence-corrected chi connectivity index (χ0v) is 33.4. The predicted molar refractivity (Wildman–Crippen MR) is 256 cm³/mol. The van der Waals surface area contributed by atoms with Gasteiger partial charge < -0.3 is 0 Å². The molecule has 0 saturated carbocycles. The van der Waals surface area contributed by atoms with Crippen LogP contribution in [0.3, 0.4) is 0 Å². The molecule has 1 nitrogen and oxygen atoms in total. The zero-order valence-electron chi connectivity index (χ0n) is 33.4. The second kappa shape index (κ2) is 17.3. The van der Waals surface area contributed by atoms with Gasteiger partial charge in [0.05, 0.1) is 11.4 Å².